The van der Waals surface area contributed by atoms with Gasteiger partial charge in [-0.1, -0.05) is 18.7 Å². The Bertz CT molecular complexity index is 345. The molecule has 1 nitrogen and oxygen atoms in total. The molecule has 0 heterocycles. The lowest BCUT2D eigenvalue weighted by Gasteiger charge is -2.12. The summed E-state index contributed by atoms with van der Waals surface area (Å²) in [7, 11) is 0. The van der Waals surface area contributed by atoms with Gasteiger partial charge in [-0.15, -0.1) is 0 Å². The first-order valence-electron chi connectivity index (χ1n) is 5.44. The van der Waals surface area contributed by atoms with Crippen LogP contribution in [0.25, 0.3) is 0 Å². The van der Waals surface area contributed by atoms with Crippen LogP contribution in [-0.2, 0) is 6.42 Å². The molecule has 0 saturated heterocycles. The van der Waals surface area contributed by atoms with Gasteiger partial charge in [0.05, 0.1) is 0 Å². The molecule has 0 aliphatic rings. The highest BCUT2D eigenvalue weighted by Gasteiger charge is 2.08. The number of aromatic hydroxyl groups is 1. The number of phenols is 1. The number of phenolic OH excluding ortho intramolecular Hbond substituents is 1. The molecule has 83 valence electrons. The summed E-state index contributed by atoms with van der Waals surface area (Å²) in [4.78, 5) is 0. The summed E-state index contributed by atoms with van der Waals surface area (Å²) >= 11 is 4.93. The van der Waals surface area contributed by atoms with Crippen molar-refractivity contribution in [1.82, 2.24) is 0 Å². The molecule has 15 heavy (non-hydrogen) atoms. The van der Waals surface area contributed by atoms with E-state index >= 15 is 0 Å². The van der Waals surface area contributed by atoms with E-state index in [9.17, 15) is 5.11 Å². The molecular formula is C13H19OS. The molecule has 1 aromatic carbocycles. The third-order valence-corrected chi connectivity index (χ3v) is 3.29. The Kier molecular flexibility index (Phi) is 4.52. The fourth-order valence-electron chi connectivity index (χ4n) is 1.83. The predicted octanol–water partition coefficient (Wildman–Crippen LogP) is 3.84. The SMILES string of the molecule is Cc1cc(CCCC[S])c(C)c(C)c1O. The summed E-state index contributed by atoms with van der Waals surface area (Å²) in [6, 6.07) is 2.10. The molecule has 1 radical (unpaired) electrons. The molecule has 0 aromatic heterocycles. The molecule has 1 aromatic rings. The van der Waals surface area contributed by atoms with Gasteiger partial charge in [0.2, 0.25) is 0 Å². The van der Waals surface area contributed by atoms with Gasteiger partial charge in [0.1, 0.15) is 5.75 Å². The Balaban J connectivity index is 2.89. The van der Waals surface area contributed by atoms with Crippen molar-refractivity contribution >= 4 is 12.6 Å². The Morgan fingerprint density at radius 1 is 1.13 bits per heavy atom. The van der Waals surface area contributed by atoms with Crippen molar-refractivity contribution in [2.75, 3.05) is 5.75 Å². The highest BCUT2D eigenvalue weighted by atomic mass is 32.1. The van der Waals surface area contributed by atoms with Crippen LogP contribution in [-0.4, -0.2) is 10.9 Å². The molecule has 0 unspecified atom stereocenters. The van der Waals surface area contributed by atoms with Crippen LogP contribution in [0.15, 0.2) is 6.07 Å². The monoisotopic (exact) mass is 223 g/mol. The number of benzene rings is 1. The van der Waals surface area contributed by atoms with E-state index < -0.39 is 0 Å². The minimum atomic E-state index is 0.444. The van der Waals surface area contributed by atoms with Crippen molar-refractivity contribution in [3.63, 3.8) is 0 Å². The minimum absolute atomic E-state index is 0.444. The first-order chi connectivity index (χ1) is 7.07. The maximum Gasteiger partial charge on any atom is 0.121 e. The van der Waals surface area contributed by atoms with Crippen molar-refractivity contribution in [2.45, 2.75) is 40.0 Å². The fraction of sp³-hybridized carbons (Fsp3) is 0.538. The van der Waals surface area contributed by atoms with Gasteiger partial charge in [0, 0.05) is 5.75 Å². The summed E-state index contributed by atoms with van der Waals surface area (Å²) in [6.07, 6.45) is 3.33. The molecular weight excluding hydrogens is 204 g/mol. The summed E-state index contributed by atoms with van der Waals surface area (Å²) in [5.74, 6) is 1.29. The van der Waals surface area contributed by atoms with Gasteiger partial charge in [0.15, 0.2) is 0 Å². The van der Waals surface area contributed by atoms with E-state index in [1.54, 1.807) is 0 Å². The zero-order valence-electron chi connectivity index (χ0n) is 9.76. The smallest absolute Gasteiger partial charge is 0.121 e. The van der Waals surface area contributed by atoms with E-state index in [0.717, 1.165) is 36.1 Å². The molecule has 0 saturated carbocycles. The van der Waals surface area contributed by atoms with E-state index in [1.165, 1.54) is 11.1 Å². The number of unbranched alkanes of at least 4 members (excludes halogenated alkanes) is 1. The molecule has 0 amide bonds. The van der Waals surface area contributed by atoms with E-state index in [4.69, 9.17) is 12.6 Å². The van der Waals surface area contributed by atoms with Gasteiger partial charge in [-0.3, -0.25) is 0 Å². The third kappa shape index (κ3) is 2.91. The van der Waals surface area contributed by atoms with Crippen molar-refractivity contribution in [3.05, 3.63) is 28.3 Å². The second-order valence-electron chi connectivity index (χ2n) is 4.11. The minimum Gasteiger partial charge on any atom is -0.507 e. The quantitative estimate of drug-likeness (QED) is 0.769. The maximum absolute atomic E-state index is 9.77. The molecule has 2 heteroatoms. The summed E-state index contributed by atoms with van der Waals surface area (Å²) in [5, 5.41) is 9.77. The number of rotatable bonds is 4. The summed E-state index contributed by atoms with van der Waals surface area (Å²) < 4.78 is 0. The van der Waals surface area contributed by atoms with Crippen molar-refractivity contribution in [2.24, 2.45) is 0 Å². The van der Waals surface area contributed by atoms with Gasteiger partial charge in [-0.25, -0.2) is 0 Å². The van der Waals surface area contributed by atoms with Crippen LogP contribution in [0.2, 0.25) is 0 Å². The van der Waals surface area contributed by atoms with E-state index in [-0.39, 0.29) is 0 Å². The average molecular weight is 223 g/mol. The van der Waals surface area contributed by atoms with Crippen molar-refractivity contribution in [1.29, 1.82) is 0 Å². The second-order valence-corrected chi connectivity index (χ2v) is 4.52. The van der Waals surface area contributed by atoms with E-state index in [0.29, 0.717) is 5.75 Å². The van der Waals surface area contributed by atoms with Gasteiger partial charge >= 0.3 is 0 Å². The Hall–Kier alpha value is -0.630. The molecule has 1 N–H and O–H groups in total. The number of aryl methyl sites for hydroxylation is 2. The van der Waals surface area contributed by atoms with Crippen LogP contribution < -0.4 is 0 Å². The Labute approximate surface area is 97.9 Å². The Morgan fingerprint density at radius 2 is 1.80 bits per heavy atom. The van der Waals surface area contributed by atoms with Gasteiger partial charge < -0.3 is 5.11 Å². The maximum atomic E-state index is 9.77. The lowest BCUT2D eigenvalue weighted by Crippen LogP contribution is -1.96. The van der Waals surface area contributed by atoms with Crippen LogP contribution in [0.1, 0.15) is 35.1 Å². The lowest BCUT2D eigenvalue weighted by molar-refractivity contribution is 0.466. The first kappa shape index (κ1) is 12.4. The van der Waals surface area contributed by atoms with E-state index in [1.807, 2.05) is 13.8 Å². The fourth-order valence-corrected chi connectivity index (χ4v) is 2.03. The molecule has 1 rings (SSSR count). The number of hydrogen-bond acceptors (Lipinski definition) is 1. The summed E-state index contributed by atoms with van der Waals surface area (Å²) in [5.41, 5.74) is 4.57. The topological polar surface area (TPSA) is 20.2 Å². The second kappa shape index (κ2) is 5.45. The summed E-state index contributed by atoms with van der Waals surface area (Å²) in [6.45, 7) is 6.02. The van der Waals surface area contributed by atoms with Gasteiger partial charge in [-0.2, -0.15) is 0 Å². The average Bonchev–Trinajstić information content (AvgIpc) is 2.23. The molecule has 0 aliphatic heterocycles. The van der Waals surface area contributed by atoms with Crippen LogP contribution >= 0.6 is 12.6 Å². The third-order valence-electron chi connectivity index (χ3n) is 3.00. The largest absolute Gasteiger partial charge is 0.507 e. The lowest BCUT2D eigenvalue weighted by atomic mass is 9.95. The molecule has 0 aliphatic carbocycles. The predicted molar refractivity (Wildman–Crippen MR) is 67.7 cm³/mol. The first-order valence-corrected chi connectivity index (χ1v) is 6.02. The zero-order chi connectivity index (χ0) is 11.4. The van der Waals surface area contributed by atoms with Crippen LogP contribution in [0.5, 0.6) is 5.75 Å². The molecule has 0 spiro atoms. The molecule has 0 fully saturated rings. The van der Waals surface area contributed by atoms with E-state index in [2.05, 4.69) is 13.0 Å². The number of hydrogen-bond donors (Lipinski definition) is 1. The van der Waals surface area contributed by atoms with Crippen molar-refractivity contribution < 1.29 is 5.11 Å². The van der Waals surface area contributed by atoms with Crippen molar-refractivity contribution in [3.8, 4) is 5.75 Å². The normalized spacial score (nSPS) is 10.7. The highest BCUT2D eigenvalue weighted by molar-refractivity contribution is 7.80. The zero-order valence-corrected chi connectivity index (χ0v) is 10.6. The Morgan fingerprint density at radius 3 is 2.40 bits per heavy atom. The van der Waals surface area contributed by atoms with Crippen LogP contribution in [0.3, 0.4) is 0 Å². The molecule has 0 bridgehead atoms. The molecule has 0 atom stereocenters. The van der Waals surface area contributed by atoms with Crippen LogP contribution in [0.4, 0.5) is 0 Å². The van der Waals surface area contributed by atoms with Gasteiger partial charge in [0.25, 0.3) is 0 Å². The highest BCUT2D eigenvalue weighted by Crippen LogP contribution is 2.28. The van der Waals surface area contributed by atoms with Gasteiger partial charge in [-0.05, 0) is 62.3 Å². The standard InChI is InChI=1S/C13H19OS/c1-9-8-12(6-4-5-7-15)10(2)11(3)13(9)14/h8,14H,4-7H2,1-3H3. The van der Waals surface area contributed by atoms with Crippen LogP contribution in [0, 0.1) is 20.8 Å².